The molecule has 0 radical (unpaired) electrons. The predicted molar refractivity (Wildman–Crippen MR) is 129 cm³/mol. The van der Waals surface area contributed by atoms with Gasteiger partial charge in [0.15, 0.2) is 17.4 Å². The molecule has 0 aromatic carbocycles. The molecule has 1 atom stereocenters. The van der Waals surface area contributed by atoms with E-state index in [1.165, 1.54) is 6.08 Å². The number of hydrogen-bond acceptors (Lipinski definition) is 8. The Morgan fingerprint density at radius 2 is 1.97 bits per heavy atom. The number of aliphatic hydroxyl groups excluding tert-OH is 1. The van der Waals surface area contributed by atoms with Gasteiger partial charge in [0.25, 0.3) is 0 Å². The van der Waals surface area contributed by atoms with Crippen molar-refractivity contribution in [2.24, 2.45) is 5.92 Å². The molecule has 10 heteroatoms. The van der Waals surface area contributed by atoms with E-state index in [2.05, 4.69) is 25.3 Å². The minimum atomic E-state index is -1.08. The Labute approximate surface area is 207 Å². The van der Waals surface area contributed by atoms with Crippen molar-refractivity contribution in [2.75, 3.05) is 5.32 Å². The van der Waals surface area contributed by atoms with Gasteiger partial charge in [-0.1, -0.05) is 0 Å². The van der Waals surface area contributed by atoms with Crippen molar-refractivity contribution >= 4 is 5.69 Å². The third-order valence-corrected chi connectivity index (χ3v) is 5.92. The SMILES string of the molecule is C/C(=C/C(=C\O)OCc1ncc(F)cc1F)Nc1cc(-c2ccnc(C(C)(O)C3CC3)n2)ncc1C. The molecule has 1 unspecified atom stereocenters. The van der Waals surface area contributed by atoms with Crippen LogP contribution in [-0.2, 0) is 16.9 Å². The maximum Gasteiger partial charge on any atom is 0.160 e. The zero-order valence-electron chi connectivity index (χ0n) is 20.2. The Morgan fingerprint density at radius 3 is 2.67 bits per heavy atom. The van der Waals surface area contributed by atoms with Crippen molar-refractivity contribution in [2.45, 2.75) is 45.8 Å². The van der Waals surface area contributed by atoms with Gasteiger partial charge in [-0.2, -0.15) is 0 Å². The second kappa shape index (κ2) is 10.4. The van der Waals surface area contributed by atoms with Gasteiger partial charge in [-0.15, -0.1) is 0 Å². The fraction of sp³-hybridized carbons (Fsp3) is 0.308. The fourth-order valence-corrected chi connectivity index (χ4v) is 3.65. The standard InChI is InChI=1S/C26H27F2N5O3/c1-15-11-30-23(21-6-7-29-25(33-21)26(3,35)17-4-5-17)10-22(15)32-16(2)8-19(13-34)36-14-24-20(28)9-18(27)12-31-24/h6-13,17,34-35H,4-5,14H2,1-3H3,(H,30,32)/b16-8-,19-13+. The quantitative estimate of drug-likeness (QED) is 0.279. The molecule has 8 nitrogen and oxygen atoms in total. The van der Waals surface area contributed by atoms with Gasteiger partial charge in [0.05, 0.1) is 17.6 Å². The minimum absolute atomic E-state index is 0.0557. The Balaban J connectivity index is 1.49. The Hall–Kier alpha value is -3.92. The smallest absolute Gasteiger partial charge is 0.160 e. The zero-order chi connectivity index (χ0) is 25.9. The number of allylic oxidation sites excluding steroid dienone is 2. The molecule has 1 aliphatic carbocycles. The second-order valence-electron chi connectivity index (χ2n) is 8.93. The van der Waals surface area contributed by atoms with E-state index in [4.69, 9.17) is 4.74 Å². The summed E-state index contributed by atoms with van der Waals surface area (Å²) >= 11 is 0. The third-order valence-electron chi connectivity index (χ3n) is 5.92. The number of aromatic nitrogens is 4. The molecule has 0 amide bonds. The van der Waals surface area contributed by atoms with Crippen molar-refractivity contribution in [1.29, 1.82) is 0 Å². The van der Waals surface area contributed by atoms with Crippen LogP contribution in [-0.4, -0.2) is 30.1 Å². The van der Waals surface area contributed by atoms with Crippen molar-refractivity contribution in [1.82, 2.24) is 19.9 Å². The Kier molecular flexibility index (Phi) is 7.25. The third kappa shape index (κ3) is 5.83. The lowest BCUT2D eigenvalue weighted by atomic mass is 9.99. The molecule has 1 aliphatic rings. The molecule has 0 saturated heterocycles. The number of aliphatic hydroxyl groups is 2. The Bertz CT molecular complexity index is 1320. The first-order chi connectivity index (χ1) is 17.2. The maximum absolute atomic E-state index is 13.8. The highest BCUT2D eigenvalue weighted by atomic mass is 19.1. The maximum atomic E-state index is 13.8. The molecule has 4 rings (SSSR count). The summed E-state index contributed by atoms with van der Waals surface area (Å²) in [6, 6.07) is 4.28. The summed E-state index contributed by atoms with van der Waals surface area (Å²) < 4.78 is 32.2. The highest BCUT2D eigenvalue weighted by Gasteiger charge is 2.43. The van der Waals surface area contributed by atoms with Crippen molar-refractivity contribution in [3.63, 3.8) is 0 Å². The number of ether oxygens (including phenoxy) is 1. The van der Waals surface area contributed by atoms with Crippen LogP contribution in [0.5, 0.6) is 0 Å². The number of aryl methyl sites for hydroxylation is 1. The van der Waals surface area contributed by atoms with Crippen molar-refractivity contribution < 1.29 is 23.7 Å². The number of nitrogens with zero attached hydrogens (tertiary/aromatic N) is 4. The van der Waals surface area contributed by atoms with Gasteiger partial charge in [0.2, 0.25) is 0 Å². The predicted octanol–water partition coefficient (Wildman–Crippen LogP) is 5.07. The lowest BCUT2D eigenvalue weighted by molar-refractivity contribution is 0.0240. The monoisotopic (exact) mass is 495 g/mol. The number of anilines is 1. The molecule has 1 saturated carbocycles. The first-order valence-corrected chi connectivity index (χ1v) is 11.4. The molecule has 0 bridgehead atoms. The second-order valence-corrected chi connectivity index (χ2v) is 8.93. The number of rotatable bonds is 9. The van der Waals surface area contributed by atoms with Crippen molar-refractivity contribution in [3.05, 3.63) is 89.3 Å². The van der Waals surface area contributed by atoms with Crippen LogP contribution in [0.4, 0.5) is 14.5 Å². The fourth-order valence-electron chi connectivity index (χ4n) is 3.65. The zero-order valence-corrected chi connectivity index (χ0v) is 20.2. The lowest BCUT2D eigenvalue weighted by Gasteiger charge is -2.21. The minimum Gasteiger partial charge on any atom is -0.512 e. The van der Waals surface area contributed by atoms with Crippen molar-refractivity contribution in [3.8, 4) is 11.4 Å². The average Bonchev–Trinajstić information content (AvgIpc) is 3.70. The first-order valence-electron chi connectivity index (χ1n) is 11.4. The summed E-state index contributed by atoms with van der Waals surface area (Å²) in [5.74, 6) is -1.03. The Morgan fingerprint density at radius 1 is 1.19 bits per heavy atom. The van der Waals surface area contributed by atoms with Gasteiger partial charge < -0.3 is 20.3 Å². The molecule has 188 valence electrons. The van der Waals surface area contributed by atoms with Gasteiger partial charge in [0.1, 0.15) is 30.0 Å². The summed E-state index contributed by atoms with van der Waals surface area (Å²) in [5.41, 5.74) is 2.22. The van der Waals surface area contributed by atoms with E-state index >= 15 is 0 Å². The molecule has 3 aromatic heterocycles. The van der Waals surface area contributed by atoms with Crippen LogP contribution in [0.15, 0.2) is 60.6 Å². The van der Waals surface area contributed by atoms with Crippen LogP contribution in [0.25, 0.3) is 11.4 Å². The largest absolute Gasteiger partial charge is 0.512 e. The van der Waals surface area contributed by atoms with Crippen LogP contribution in [0.1, 0.15) is 43.8 Å². The molecule has 3 aromatic rings. The number of nitrogens with one attached hydrogen (secondary N) is 1. The summed E-state index contributed by atoms with van der Waals surface area (Å²) in [5, 5.41) is 23.6. The molecule has 36 heavy (non-hydrogen) atoms. The molecular formula is C26H27F2N5O3. The van der Waals surface area contributed by atoms with E-state index in [-0.39, 0.29) is 24.0 Å². The van der Waals surface area contributed by atoms with Gasteiger partial charge >= 0.3 is 0 Å². The average molecular weight is 496 g/mol. The van der Waals surface area contributed by atoms with E-state index in [0.29, 0.717) is 29.0 Å². The van der Waals surface area contributed by atoms with Gasteiger partial charge in [-0.3, -0.25) is 9.97 Å². The van der Waals surface area contributed by atoms with Crippen LogP contribution >= 0.6 is 0 Å². The van der Waals surface area contributed by atoms with Crippen LogP contribution in [0.2, 0.25) is 0 Å². The molecule has 3 N–H and O–H groups in total. The summed E-state index contributed by atoms with van der Waals surface area (Å²) in [7, 11) is 0. The van der Waals surface area contributed by atoms with Gasteiger partial charge in [-0.25, -0.2) is 18.7 Å². The van der Waals surface area contributed by atoms with E-state index in [1.807, 2.05) is 13.0 Å². The molecule has 0 spiro atoms. The first kappa shape index (κ1) is 25.2. The van der Waals surface area contributed by atoms with Crippen LogP contribution in [0.3, 0.4) is 0 Å². The summed E-state index contributed by atoms with van der Waals surface area (Å²) in [6.07, 6.45) is 8.38. The number of hydrogen-bond donors (Lipinski definition) is 3. The summed E-state index contributed by atoms with van der Waals surface area (Å²) in [4.78, 5) is 17.0. The topological polar surface area (TPSA) is 113 Å². The van der Waals surface area contributed by atoms with Gasteiger partial charge in [0, 0.05) is 35.9 Å². The molecule has 3 heterocycles. The van der Waals surface area contributed by atoms with E-state index < -0.39 is 17.2 Å². The number of halogens is 2. The molecule has 0 aliphatic heterocycles. The molecular weight excluding hydrogens is 468 g/mol. The van der Waals surface area contributed by atoms with E-state index in [0.717, 1.165) is 36.6 Å². The lowest BCUT2D eigenvalue weighted by Crippen LogP contribution is -2.26. The highest BCUT2D eigenvalue weighted by molar-refractivity contribution is 5.64. The summed E-state index contributed by atoms with van der Waals surface area (Å²) in [6.45, 7) is 5.10. The normalized spacial score (nSPS) is 15.9. The van der Waals surface area contributed by atoms with E-state index in [9.17, 15) is 19.0 Å². The van der Waals surface area contributed by atoms with Crippen LogP contribution < -0.4 is 5.32 Å². The van der Waals surface area contributed by atoms with Gasteiger partial charge in [-0.05, 0) is 57.2 Å². The van der Waals surface area contributed by atoms with Crippen LogP contribution in [0, 0.1) is 24.5 Å². The van der Waals surface area contributed by atoms with E-state index in [1.54, 1.807) is 32.3 Å². The highest BCUT2D eigenvalue weighted by Crippen LogP contribution is 2.44. The number of pyridine rings is 2. The molecule has 1 fully saturated rings.